The molecule has 0 fully saturated rings. The van der Waals surface area contributed by atoms with Crippen molar-refractivity contribution in [1.82, 2.24) is 25.2 Å². The van der Waals surface area contributed by atoms with Crippen molar-refractivity contribution in [2.45, 2.75) is 11.6 Å². The van der Waals surface area contributed by atoms with Gasteiger partial charge in [0.05, 0.1) is 5.75 Å². The highest BCUT2D eigenvalue weighted by molar-refractivity contribution is 7.99. The summed E-state index contributed by atoms with van der Waals surface area (Å²) in [4.78, 5) is 30.0. The molecule has 0 radical (unpaired) electrons. The Balaban J connectivity index is 1.28. The second-order valence-electron chi connectivity index (χ2n) is 6.75. The van der Waals surface area contributed by atoms with Crippen molar-refractivity contribution < 1.29 is 9.59 Å². The summed E-state index contributed by atoms with van der Waals surface area (Å²) in [6, 6.07) is 16.8. The van der Waals surface area contributed by atoms with E-state index >= 15 is 0 Å². The molecule has 0 aliphatic heterocycles. The molecule has 2 aromatic heterocycles. The van der Waals surface area contributed by atoms with Crippen LogP contribution < -0.4 is 10.6 Å². The summed E-state index contributed by atoms with van der Waals surface area (Å²) in [7, 11) is 1.71. The van der Waals surface area contributed by atoms with Gasteiger partial charge in [-0.3, -0.25) is 14.9 Å². The fraction of sp³-hybridized carbons (Fsp3) is 0.143. The summed E-state index contributed by atoms with van der Waals surface area (Å²) in [6.45, 7) is 0. The van der Waals surface area contributed by atoms with Crippen molar-refractivity contribution in [1.29, 1.82) is 0 Å². The second-order valence-corrected chi connectivity index (χ2v) is 8.81. The Kier molecular flexibility index (Phi) is 6.87. The largest absolute Gasteiger partial charge is 0.325 e. The Morgan fingerprint density at radius 3 is 2.56 bits per heavy atom. The third kappa shape index (κ3) is 5.77. The average Bonchev–Trinajstić information content (AvgIpc) is 3.41. The number of carbonyl (C=O) groups excluding carboxylic acids is 2. The lowest BCUT2D eigenvalue weighted by Crippen LogP contribution is -2.15. The summed E-state index contributed by atoms with van der Waals surface area (Å²) in [6.07, 6.45) is 2.55. The van der Waals surface area contributed by atoms with E-state index in [2.05, 4.69) is 43.3 Å². The maximum Gasteiger partial charge on any atom is 0.257 e. The summed E-state index contributed by atoms with van der Waals surface area (Å²) >= 11 is 2.69. The van der Waals surface area contributed by atoms with Crippen molar-refractivity contribution >= 4 is 45.7 Å². The maximum atomic E-state index is 12.5. The van der Waals surface area contributed by atoms with Gasteiger partial charge in [-0.2, -0.15) is 0 Å². The molecule has 2 N–H and O–H groups in total. The lowest BCUT2D eigenvalue weighted by atomic mass is 10.1. The van der Waals surface area contributed by atoms with Crippen LogP contribution in [0.1, 0.15) is 20.8 Å². The number of rotatable bonds is 8. The molecule has 9 nitrogen and oxygen atoms in total. The van der Waals surface area contributed by atoms with Gasteiger partial charge in [-0.05, 0) is 40.3 Å². The molecule has 11 heteroatoms. The highest BCUT2D eigenvalue weighted by atomic mass is 32.2. The average molecular weight is 466 g/mol. The first kappa shape index (κ1) is 21.7. The van der Waals surface area contributed by atoms with Gasteiger partial charge in [0.1, 0.15) is 0 Å². The number of amides is 2. The number of nitrogens with one attached hydrogen (secondary N) is 2. The Morgan fingerprint density at radius 2 is 1.84 bits per heavy atom. The van der Waals surface area contributed by atoms with Gasteiger partial charge in [0, 0.05) is 35.8 Å². The van der Waals surface area contributed by atoms with E-state index in [9.17, 15) is 9.59 Å². The monoisotopic (exact) mass is 465 g/mol. The van der Waals surface area contributed by atoms with Crippen LogP contribution in [0.4, 0.5) is 10.8 Å². The van der Waals surface area contributed by atoms with Gasteiger partial charge in [-0.1, -0.05) is 42.1 Å². The molecule has 0 saturated heterocycles. The van der Waals surface area contributed by atoms with Gasteiger partial charge in [-0.25, -0.2) is 9.67 Å². The van der Waals surface area contributed by atoms with E-state index < -0.39 is 0 Å². The predicted octanol–water partition coefficient (Wildman–Crippen LogP) is 3.24. The molecule has 4 aromatic rings. The fourth-order valence-corrected chi connectivity index (χ4v) is 4.28. The number of carbonyl (C=O) groups is 2. The summed E-state index contributed by atoms with van der Waals surface area (Å²) in [5, 5.41) is 17.8. The molecule has 0 unspecified atom stereocenters. The maximum absolute atomic E-state index is 12.5. The van der Waals surface area contributed by atoms with E-state index in [0.717, 1.165) is 11.3 Å². The van der Waals surface area contributed by atoms with Crippen LogP contribution in [0.2, 0.25) is 0 Å². The molecule has 0 bridgehead atoms. The number of aryl methyl sites for hydroxylation is 1. The zero-order chi connectivity index (χ0) is 22.3. The SMILES string of the molecule is Cn1nnnc1SCC(=O)Nc1ccc(C(=O)Nc2ncc(Cc3ccccc3)s2)cc1. The van der Waals surface area contributed by atoms with E-state index in [0.29, 0.717) is 21.5 Å². The third-order valence-corrected chi connectivity index (χ3v) is 6.26. The van der Waals surface area contributed by atoms with E-state index in [1.165, 1.54) is 33.3 Å². The number of hydrogen-bond donors (Lipinski definition) is 2. The Hall–Kier alpha value is -3.57. The van der Waals surface area contributed by atoms with Gasteiger partial charge in [0.15, 0.2) is 5.13 Å². The minimum atomic E-state index is -0.256. The van der Waals surface area contributed by atoms with Crippen LogP contribution in [0.5, 0.6) is 0 Å². The lowest BCUT2D eigenvalue weighted by Gasteiger charge is -2.06. The van der Waals surface area contributed by atoms with E-state index in [4.69, 9.17) is 0 Å². The zero-order valence-corrected chi connectivity index (χ0v) is 18.7. The number of nitrogens with zero attached hydrogens (tertiary/aromatic N) is 5. The standard InChI is InChI=1S/C21H19N7O2S2/c1-28-21(25-26-27-28)31-13-18(29)23-16-9-7-15(8-10-16)19(30)24-20-22-12-17(32-20)11-14-5-3-2-4-6-14/h2-10,12H,11,13H2,1H3,(H,23,29)(H,22,24,30). The molecule has 2 aromatic carbocycles. The van der Waals surface area contributed by atoms with Crippen LogP contribution in [0, 0.1) is 0 Å². The normalized spacial score (nSPS) is 10.7. The Morgan fingerprint density at radius 1 is 1.06 bits per heavy atom. The molecular weight excluding hydrogens is 446 g/mol. The number of tetrazole rings is 1. The van der Waals surface area contributed by atoms with Crippen LogP contribution in [-0.4, -0.2) is 42.8 Å². The van der Waals surface area contributed by atoms with E-state index in [1.807, 2.05) is 18.2 Å². The van der Waals surface area contributed by atoms with Crippen LogP contribution in [0.3, 0.4) is 0 Å². The van der Waals surface area contributed by atoms with Crippen molar-refractivity contribution in [2.75, 3.05) is 16.4 Å². The highest BCUT2D eigenvalue weighted by Crippen LogP contribution is 2.22. The zero-order valence-electron chi connectivity index (χ0n) is 17.1. The molecular formula is C21H19N7O2S2. The van der Waals surface area contributed by atoms with Gasteiger partial charge in [0.2, 0.25) is 11.1 Å². The number of aromatic nitrogens is 5. The minimum Gasteiger partial charge on any atom is -0.325 e. The van der Waals surface area contributed by atoms with Crippen molar-refractivity contribution in [2.24, 2.45) is 7.05 Å². The molecule has 0 saturated carbocycles. The Labute approximate surface area is 192 Å². The molecule has 2 amide bonds. The first-order chi connectivity index (χ1) is 15.6. The quantitative estimate of drug-likeness (QED) is 0.384. The third-order valence-electron chi connectivity index (χ3n) is 4.34. The summed E-state index contributed by atoms with van der Waals surface area (Å²) in [5.41, 5.74) is 2.27. The predicted molar refractivity (Wildman–Crippen MR) is 124 cm³/mol. The first-order valence-electron chi connectivity index (χ1n) is 9.62. The number of anilines is 2. The molecule has 0 spiro atoms. The highest BCUT2D eigenvalue weighted by Gasteiger charge is 2.11. The molecule has 4 rings (SSSR count). The fourth-order valence-electron chi connectivity index (χ4n) is 2.79. The Bertz CT molecular complexity index is 1210. The van der Waals surface area contributed by atoms with E-state index in [-0.39, 0.29) is 17.6 Å². The van der Waals surface area contributed by atoms with Crippen LogP contribution in [0.15, 0.2) is 66.0 Å². The topological polar surface area (TPSA) is 115 Å². The van der Waals surface area contributed by atoms with Gasteiger partial charge in [0.25, 0.3) is 5.91 Å². The number of hydrogen-bond acceptors (Lipinski definition) is 8. The van der Waals surface area contributed by atoms with Crippen LogP contribution in [0.25, 0.3) is 0 Å². The molecule has 0 aliphatic carbocycles. The van der Waals surface area contributed by atoms with Gasteiger partial charge < -0.3 is 5.32 Å². The minimum absolute atomic E-state index is 0.172. The molecule has 0 atom stereocenters. The number of thiazole rings is 1. The molecule has 0 aliphatic rings. The second kappa shape index (κ2) is 10.2. The summed E-state index contributed by atoms with van der Waals surface area (Å²) < 4.78 is 1.50. The molecule has 2 heterocycles. The number of benzene rings is 2. The van der Waals surface area contributed by atoms with Crippen molar-refractivity contribution in [3.63, 3.8) is 0 Å². The molecule has 162 valence electrons. The smallest absolute Gasteiger partial charge is 0.257 e. The van der Waals surface area contributed by atoms with Gasteiger partial charge in [-0.15, -0.1) is 16.4 Å². The molecule has 32 heavy (non-hydrogen) atoms. The first-order valence-corrected chi connectivity index (χ1v) is 11.4. The summed E-state index contributed by atoms with van der Waals surface area (Å²) in [5.74, 6) is -0.274. The van der Waals surface area contributed by atoms with Crippen LogP contribution in [-0.2, 0) is 18.3 Å². The number of thioether (sulfide) groups is 1. The van der Waals surface area contributed by atoms with Crippen LogP contribution >= 0.6 is 23.1 Å². The van der Waals surface area contributed by atoms with Gasteiger partial charge >= 0.3 is 0 Å². The van der Waals surface area contributed by atoms with Crippen molar-refractivity contribution in [3.05, 3.63) is 76.8 Å². The lowest BCUT2D eigenvalue weighted by molar-refractivity contribution is -0.113. The van der Waals surface area contributed by atoms with E-state index in [1.54, 1.807) is 37.5 Å². The van der Waals surface area contributed by atoms with Crippen molar-refractivity contribution in [3.8, 4) is 0 Å².